The van der Waals surface area contributed by atoms with Crippen molar-refractivity contribution in [1.29, 1.82) is 0 Å². The lowest BCUT2D eigenvalue weighted by molar-refractivity contribution is 0.420. The highest BCUT2D eigenvalue weighted by molar-refractivity contribution is 5.93. The number of benzene rings is 2. The molecular formula is C17H19NO. The van der Waals surface area contributed by atoms with E-state index >= 15 is 0 Å². The van der Waals surface area contributed by atoms with E-state index in [4.69, 9.17) is 10.5 Å². The van der Waals surface area contributed by atoms with Gasteiger partial charge >= 0.3 is 0 Å². The van der Waals surface area contributed by atoms with Crippen molar-refractivity contribution in [2.24, 2.45) is 5.73 Å². The van der Waals surface area contributed by atoms with Crippen LogP contribution in [0.25, 0.3) is 10.8 Å². The van der Waals surface area contributed by atoms with Crippen molar-refractivity contribution in [3.8, 4) is 17.6 Å². The van der Waals surface area contributed by atoms with Crippen LogP contribution in [-0.2, 0) is 0 Å². The topological polar surface area (TPSA) is 35.2 Å². The molecule has 2 aromatic carbocycles. The molecule has 2 nitrogen and oxygen atoms in total. The Kier molecular flexibility index (Phi) is 4.83. The Balaban J connectivity index is 2.29. The van der Waals surface area contributed by atoms with E-state index in [0.717, 1.165) is 47.9 Å². The monoisotopic (exact) mass is 253 g/mol. The lowest BCUT2D eigenvalue weighted by Gasteiger charge is -2.06. The van der Waals surface area contributed by atoms with Crippen LogP contribution in [0.5, 0.6) is 5.75 Å². The van der Waals surface area contributed by atoms with Gasteiger partial charge in [-0.25, -0.2) is 0 Å². The molecule has 2 N–H and O–H groups in total. The number of hydrogen-bond acceptors (Lipinski definition) is 2. The first-order valence-electron chi connectivity index (χ1n) is 6.61. The molecular weight excluding hydrogens is 234 g/mol. The van der Waals surface area contributed by atoms with Gasteiger partial charge in [0.1, 0.15) is 5.75 Å². The molecule has 0 heterocycles. The fourth-order valence-electron chi connectivity index (χ4n) is 2.07. The molecule has 2 rings (SSSR count). The molecule has 0 radical (unpaired) electrons. The lowest BCUT2D eigenvalue weighted by Crippen LogP contribution is -1.96. The van der Waals surface area contributed by atoms with Crippen molar-refractivity contribution in [2.75, 3.05) is 13.7 Å². The number of unbranched alkanes of at least 4 members (excludes halogenated alkanes) is 2. The van der Waals surface area contributed by atoms with E-state index in [1.807, 2.05) is 24.3 Å². The zero-order valence-electron chi connectivity index (χ0n) is 11.3. The molecule has 0 aromatic heterocycles. The summed E-state index contributed by atoms with van der Waals surface area (Å²) in [6, 6.07) is 12.2. The summed E-state index contributed by atoms with van der Waals surface area (Å²) in [6.07, 6.45) is 3.01. The van der Waals surface area contributed by atoms with Gasteiger partial charge in [0.15, 0.2) is 0 Å². The van der Waals surface area contributed by atoms with Crippen LogP contribution in [-0.4, -0.2) is 13.7 Å². The van der Waals surface area contributed by atoms with Crippen LogP contribution in [0.4, 0.5) is 0 Å². The van der Waals surface area contributed by atoms with Gasteiger partial charge in [0.05, 0.1) is 7.11 Å². The zero-order chi connectivity index (χ0) is 13.5. The van der Waals surface area contributed by atoms with Crippen LogP contribution in [0.2, 0.25) is 0 Å². The number of rotatable bonds is 4. The van der Waals surface area contributed by atoms with Gasteiger partial charge in [-0.05, 0) is 31.5 Å². The third-order valence-electron chi connectivity index (χ3n) is 3.08. The summed E-state index contributed by atoms with van der Waals surface area (Å²) < 4.78 is 5.38. The van der Waals surface area contributed by atoms with Gasteiger partial charge in [0.2, 0.25) is 0 Å². The predicted octanol–water partition coefficient (Wildman–Crippen LogP) is 3.33. The summed E-state index contributed by atoms with van der Waals surface area (Å²) in [5.74, 6) is 7.36. The van der Waals surface area contributed by atoms with Crippen molar-refractivity contribution in [1.82, 2.24) is 0 Å². The molecule has 0 aliphatic rings. The summed E-state index contributed by atoms with van der Waals surface area (Å²) in [6.45, 7) is 0.743. The normalized spacial score (nSPS) is 10.0. The van der Waals surface area contributed by atoms with Gasteiger partial charge in [-0.15, -0.1) is 0 Å². The first kappa shape index (κ1) is 13.5. The summed E-state index contributed by atoms with van der Waals surface area (Å²) in [4.78, 5) is 0. The SMILES string of the molecule is COc1ccc(C#CCCCCN)c2ccccc12. The standard InChI is InChI=1S/C17H19NO/c1-19-17-12-11-14(8-4-2-3-7-13-18)15-9-5-6-10-16(15)17/h5-6,9-12H,2-3,7,13,18H2,1H3. The fraction of sp³-hybridized carbons (Fsp3) is 0.294. The van der Waals surface area contributed by atoms with Crippen LogP contribution in [0, 0.1) is 11.8 Å². The number of ether oxygens (including phenoxy) is 1. The van der Waals surface area contributed by atoms with Crippen molar-refractivity contribution < 1.29 is 4.74 Å². The molecule has 2 aromatic rings. The van der Waals surface area contributed by atoms with Crippen molar-refractivity contribution in [3.05, 3.63) is 42.0 Å². The summed E-state index contributed by atoms with van der Waals surface area (Å²) >= 11 is 0. The number of hydrogen-bond donors (Lipinski definition) is 1. The largest absolute Gasteiger partial charge is 0.496 e. The predicted molar refractivity (Wildman–Crippen MR) is 80.3 cm³/mol. The quantitative estimate of drug-likeness (QED) is 0.670. The van der Waals surface area contributed by atoms with Crippen molar-refractivity contribution in [3.63, 3.8) is 0 Å². The van der Waals surface area contributed by atoms with E-state index in [0.29, 0.717) is 0 Å². The minimum absolute atomic E-state index is 0.743. The highest BCUT2D eigenvalue weighted by Gasteiger charge is 2.03. The first-order chi connectivity index (χ1) is 9.36. The molecule has 0 aliphatic carbocycles. The third-order valence-corrected chi connectivity index (χ3v) is 3.08. The lowest BCUT2D eigenvalue weighted by atomic mass is 10.0. The molecule has 0 fully saturated rings. The average molecular weight is 253 g/mol. The fourth-order valence-corrected chi connectivity index (χ4v) is 2.07. The Bertz CT molecular complexity index is 607. The van der Waals surface area contributed by atoms with Gasteiger partial charge in [0, 0.05) is 22.8 Å². The van der Waals surface area contributed by atoms with Gasteiger partial charge < -0.3 is 10.5 Å². The Morgan fingerprint density at radius 2 is 1.84 bits per heavy atom. The van der Waals surface area contributed by atoms with Crippen LogP contribution in [0.15, 0.2) is 36.4 Å². The molecule has 0 unspecified atom stereocenters. The highest BCUT2D eigenvalue weighted by Crippen LogP contribution is 2.27. The Labute approximate surface area is 114 Å². The van der Waals surface area contributed by atoms with E-state index in [-0.39, 0.29) is 0 Å². The number of fused-ring (bicyclic) bond motifs is 1. The zero-order valence-corrected chi connectivity index (χ0v) is 11.3. The maximum absolute atomic E-state index is 5.47. The molecule has 0 spiro atoms. The first-order valence-corrected chi connectivity index (χ1v) is 6.61. The van der Waals surface area contributed by atoms with Crippen LogP contribution in [0.1, 0.15) is 24.8 Å². The Morgan fingerprint density at radius 3 is 2.58 bits per heavy atom. The molecule has 0 saturated heterocycles. The highest BCUT2D eigenvalue weighted by atomic mass is 16.5. The molecule has 19 heavy (non-hydrogen) atoms. The van der Waals surface area contributed by atoms with E-state index in [2.05, 4.69) is 24.0 Å². The molecule has 0 saturated carbocycles. The number of methoxy groups -OCH3 is 1. The van der Waals surface area contributed by atoms with E-state index in [1.165, 1.54) is 0 Å². The molecule has 0 bridgehead atoms. The van der Waals surface area contributed by atoms with Crippen LogP contribution < -0.4 is 10.5 Å². The van der Waals surface area contributed by atoms with Crippen molar-refractivity contribution in [2.45, 2.75) is 19.3 Å². The molecule has 0 aliphatic heterocycles. The smallest absolute Gasteiger partial charge is 0.126 e. The van der Waals surface area contributed by atoms with E-state index in [1.54, 1.807) is 7.11 Å². The summed E-state index contributed by atoms with van der Waals surface area (Å²) in [7, 11) is 1.69. The van der Waals surface area contributed by atoms with Gasteiger partial charge in [-0.1, -0.05) is 36.1 Å². The molecule has 0 atom stereocenters. The summed E-state index contributed by atoms with van der Waals surface area (Å²) in [5.41, 5.74) is 6.53. The van der Waals surface area contributed by atoms with Gasteiger partial charge in [-0.2, -0.15) is 0 Å². The third kappa shape index (κ3) is 3.27. The van der Waals surface area contributed by atoms with E-state index in [9.17, 15) is 0 Å². The van der Waals surface area contributed by atoms with E-state index < -0.39 is 0 Å². The molecule has 0 amide bonds. The minimum Gasteiger partial charge on any atom is -0.496 e. The van der Waals surface area contributed by atoms with Gasteiger partial charge in [0.25, 0.3) is 0 Å². The Hall–Kier alpha value is -1.98. The average Bonchev–Trinajstić information content (AvgIpc) is 2.47. The Morgan fingerprint density at radius 1 is 1.05 bits per heavy atom. The molecule has 98 valence electrons. The van der Waals surface area contributed by atoms with Gasteiger partial charge in [-0.3, -0.25) is 0 Å². The summed E-state index contributed by atoms with van der Waals surface area (Å²) in [5, 5.41) is 2.26. The minimum atomic E-state index is 0.743. The van der Waals surface area contributed by atoms with Crippen molar-refractivity contribution >= 4 is 10.8 Å². The maximum atomic E-state index is 5.47. The second-order valence-corrected chi connectivity index (χ2v) is 4.41. The second-order valence-electron chi connectivity index (χ2n) is 4.41. The van der Waals surface area contributed by atoms with Crippen LogP contribution in [0.3, 0.4) is 0 Å². The second kappa shape index (κ2) is 6.82. The number of nitrogens with two attached hydrogens (primary N) is 1. The molecule has 2 heteroatoms. The van der Waals surface area contributed by atoms with Crippen LogP contribution >= 0.6 is 0 Å². The maximum Gasteiger partial charge on any atom is 0.126 e.